The second kappa shape index (κ2) is 9.59. The van der Waals surface area contributed by atoms with Gasteiger partial charge >= 0.3 is 6.03 Å². The van der Waals surface area contributed by atoms with Gasteiger partial charge in [0.25, 0.3) is 11.8 Å². The van der Waals surface area contributed by atoms with E-state index in [0.717, 1.165) is 11.1 Å². The number of aromatic nitrogens is 3. The second-order valence-corrected chi connectivity index (χ2v) is 9.38. The average molecular weight is 535 g/mol. The molecule has 0 bridgehead atoms. The van der Waals surface area contributed by atoms with Gasteiger partial charge in [-0.2, -0.15) is 5.10 Å². The van der Waals surface area contributed by atoms with Gasteiger partial charge in [0, 0.05) is 35.0 Å². The molecule has 4 N–H and O–H groups in total. The lowest BCUT2D eigenvalue weighted by Gasteiger charge is -2.26. The highest BCUT2D eigenvalue weighted by atomic mass is 16.5. The molecule has 2 aromatic carbocycles. The molecule has 40 heavy (non-hydrogen) atoms. The smallest absolute Gasteiger partial charge is 0.323 e. The third-order valence-corrected chi connectivity index (χ3v) is 6.81. The molecule has 0 saturated carbocycles. The minimum Gasteiger partial charge on any atom is -0.506 e. The summed E-state index contributed by atoms with van der Waals surface area (Å²) in [5.41, 5.74) is 2.68. The molecular weight excluding hydrogens is 512 g/mol. The summed E-state index contributed by atoms with van der Waals surface area (Å²) in [6.45, 7) is 0.137. The number of ether oxygens (including phenoxy) is 1. The first-order chi connectivity index (χ1) is 19.3. The molecule has 0 spiro atoms. The number of carbonyl (C=O) groups excluding carboxylic acids is 3. The van der Waals surface area contributed by atoms with E-state index >= 15 is 0 Å². The molecule has 2 aliphatic rings. The van der Waals surface area contributed by atoms with Crippen molar-refractivity contribution in [1.82, 2.24) is 30.7 Å². The van der Waals surface area contributed by atoms with Crippen molar-refractivity contribution in [2.75, 3.05) is 13.7 Å². The van der Waals surface area contributed by atoms with Crippen molar-refractivity contribution in [2.45, 2.75) is 12.1 Å². The minimum atomic E-state index is -1.63. The second-order valence-electron chi connectivity index (χ2n) is 9.38. The molecule has 2 aromatic heterocycles. The summed E-state index contributed by atoms with van der Waals surface area (Å²) in [5, 5.41) is 21.9. The van der Waals surface area contributed by atoms with E-state index in [-0.39, 0.29) is 24.7 Å². The fourth-order valence-corrected chi connectivity index (χ4v) is 4.72. The lowest BCUT2D eigenvalue weighted by molar-refractivity contribution is -0.122. The van der Waals surface area contributed by atoms with Crippen LogP contribution in [0.5, 0.6) is 11.5 Å². The van der Waals surface area contributed by atoms with Gasteiger partial charge < -0.3 is 20.1 Å². The first kappa shape index (κ1) is 24.7. The number of hydrogen-bond donors (Lipinski definition) is 4. The van der Waals surface area contributed by atoms with Gasteiger partial charge in [-0.3, -0.25) is 20.0 Å². The summed E-state index contributed by atoms with van der Waals surface area (Å²) in [6.07, 6.45) is 3.35. The van der Waals surface area contributed by atoms with Crippen molar-refractivity contribution in [3.8, 4) is 45.9 Å². The van der Waals surface area contributed by atoms with E-state index < -0.39 is 17.5 Å². The van der Waals surface area contributed by atoms with Crippen molar-refractivity contribution >= 4 is 17.8 Å². The largest absolute Gasteiger partial charge is 0.506 e. The number of fused-ring (bicyclic) bond motifs is 1. The van der Waals surface area contributed by atoms with Crippen LogP contribution in [0.1, 0.15) is 21.5 Å². The van der Waals surface area contributed by atoms with Gasteiger partial charge in [-0.15, -0.1) is 0 Å². The molecular formula is C29H22N6O5. The predicted octanol–water partition coefficient (Wildman–Crippen LogP) is 2.44. The average Bonchev–Trinajstić information content (AvgIpc) is 3.67. The standard InChI is InChI=1S/C29H22N6O5/c1-40-21-7-6-19-15-35(26(37)22(19)12-21)16-29(27(38)33-28(39)34-29)11-10-17-2-4-18(5-3-17)25-24(36)9-8-23(32-25)20-13-30-31-14-20/h2-9,12-14,36H,15-16H2,1H3,(H,30,31)(H2,33,34,38,39)/t29-/m1/s1. The highest BCUT2D eigenvalue weighted by Crippen LogP contribution is 2.31. The molecule has 11 heteroatoms. The van der Waals surface area contributed by atoms with Crippen molar-refractivity contribution in [3.63, 3.8) is 0 Å². The van der Waals surface area contributed by atoms with Gasteiger partial charge in [-0.25, -0.2) is 9.78 Å². The summed E-state index contributed by atoms with van der Waals surface area (Å²) in [6, 6.07) is 14.7. The molecule has 1 saturated heterocycles. The number of aromatic amines is 1. The number of amides is 4. The third-order valence-electron chi connectivity index (χ3n) is 6.81. The lowest BCUT2D eigenvalue weighted by Crippen LogP contribution is -2.54. The normalized spacial score (nSPS) is 17.6. The van der Waals surface area contributed by atoms with Crippen molar-refractivity contribution in [3.05, 3.63) is 83.7 Å². The number of nitrogens with zero attached hydrogens (tertiary/aromatic N) is 3. The van der Waals surface area contributed by atoms with E-state index in [1.807, 2.05) is 0 Å². The number of methoxy groups -OCH3 is 1. The van der Waals surface area contributed by atoms with E-state index in [1.165, 1.54) is 12.0 Å². The quantitative estimate of drug-likeness (QED) is 0.227. The summed E-state index contributed by atoms with van der Waals surface area (Å²) in [5.74, 6) is 5.51. The van der Waals surface area contributed by atoms with Crippen LogP contribution in [0.3, 0.4) is 0 Å². The number of urea groups is 1. The van der Waals surface area contributed by atoms with Crippen LogP contribution in [0.2, 0.25) is 0 Å². The zero-order valence-corrected chi connectivity index (χ0v) is 21.2. The highest BCUT2D eigenvalue weighted by Gasteiger charge is 2.48. The first-order valence-corrected chi connectivity index (χ1v) is 12.3. The number of aromatic hydroxyl groups is 1. The van der Waals surface area contributed by atoms with Crippen LogP contribution in [0, 0.1) is 11.8 Å². The number of rotatable bonds is 5. The molecule has 4 heterocycles. The summed E-state index contributed by atoms with van der Waals surface area (Å²) >= 11 is 0. The molecule has 0 aliphatic carbocycles. The van der Waals surface area contributed by atoms with Gasteiger partial charge in [0.05, 0.1) is 25.5 Å². The number of benzene rings is 2. The Balaban J connectivity index is 1.26. The molecule has 1 fully saturated rings. The number of H-pyrrole nitrogens is 1. The Morgan fingerprint density at radius 3 is 2.60 bits per heavy atom. The van der Waals surface area contributed by atoms with Crippen LogP contribution < -0.4 is 15.4 Å². The number of imide groups is 1. The third kappa shape index (κ3) is 4.37. The number of nitrogens with one attached hydrogen (secondary N) is 3. The fourth-order valence-electron chi connectivity index (χ4n) is 4.72. The number of carbonyl (C=O) groups is 3. The first-order valence-electron chi connectivity index (χ1n) is 12.3. The van der Waals surface area contributed by atoms with E-state index in [9.17, 15) is 19.5 Å². The highest BCUT2D eigenvalue weighted by molar-refractivity contribution is 6.10. The Morgan fingerprint density at radius 2 is 1.90 bits per heavy atom. The molecule has 4 aromatic rings. The number of pyridine rings is 1. The Labute approximate surface area is 228 Å². The van der Waals surface area contributed by atoms with Gasteiger partial charge in [0.2, 0.25) is 5.54 Å². The maximum Gasteiger partial charge on any atom is 0.323 e. The predicted molar refractivity (Wildman–Crippen MR) is 143 cm³/mol. The van der Waals surface area contributed by atoms with Gasteiger partial charge in [0.1, 0.15) is 17.2 Å². The topological polar surface area (TPSA) is 150 Å². The van der Waals surface area contributed by atoms with Gasteiger partial charge in [0.15, 0.2) is 0 Å². The molecule has 2 aliphatic heterocycles. The molecule has 4 amide bonds. The van der Waals surface area contributed by atoms with E-state index in [4.69, 9.17) is 4.74 Å². The summed E-state index contributed by atoms with van der Waals surface area (Å²) in [4.78, 5) is 44.2. The Morgan fingerprint density at radius 1 is 1.07 bits per heavy atom. The summed E-state index contributed by atoms with van der Waals surface area (Å²) < 4.78 is 5.22. The van der Waals surface area contributed by atoms with E-state index in [2.05, 4.69) is 37.7 Å². The Kier molecular flexibility index (Phi) is 5.92. The van der Waals surface area contributed by atoms with Crippen molar-refractivity contribution in [1.29, 1.82) is 0 Å². The Bertz CT molecular complexity index is 1720. The summed E-state index contributed by atoms with van der Waals surface area (Å²) in [7, 11) is 1.52. The monoisotopic (exact) mass is 534 g/mol. The van der Waals surface area contributed by atoms with Crippen molar-refractivity contribution in [2.24, 2.45) is 0 Å². The molecule has 0 unspecified atom stereocenters. The van der Waals surface area contributed by atoms with Crippen LogP contribution in [-0.2, 0) is 11.3 Å². The van der Waals surface area contributed by atoms with Crippen LogP contribution in [0.25, 0.3) is 22.5 Å². The van der Waals surface area contributed by atoms with Crippen LogP contribution in [-0.4, -0.2) is 62.2 Å². The molecule has 1 atom stereocenters. The fraction of sp³-hybridized carbons (Fsp3) is 0.138. The van der Waals surface area contributed by atoms with Gasteiger partial charge in [-0.05, 0) is 42.0 Å². The molecule has 0 radical (unpaired) electrons. The zero-order valence-electron chi connectivity index (χ0n) is 21.2. The molecule has 198 valence electrons. The minimum absolute atomic E-state index is 0.0178. The van der Waals surface area contributed by atoms with Crippen LogP contribution >= 0.6 is 0 Å². The van der Waals surface area contributed by atoms with Crippen LogP contribution in [0.4, 0.5) is 4.79 Å². The van der Waals surface area contributed by atoms with E-state index in [0.29, 0.717) is 33.8 Å². The maximum absolute atomic E-state index is 13.1. The lowest BCUT2D eigenvalue weighted by atomic mass is 9.98. The van der Waals surface area contributed by atoms with Crippen molar-refractivity contribution < 1.29 is 24.2 Å². The van der Waals surface area contributed by atoms with Gasteiger partial charge in [-0.1, -0.05) is 30.0 Å². The van der Waals surface area contributed by atoms with Crippen LogP contribution in [0.15, 0.2) is 67.0 Å². The molecule has 6 rings (SSSR count). The maximum atomic E-state index is 13.1. The molecule has 11 nitrogen and oxygen atoms in total. The van der Waals surface area contributed by atoms with E-state index in [1.54, 1.807) is 67.0 Å². The zero-order chi connectivity index (χ0) is 27.9. The Hall–Kier alpha value is -5.63. The number of hydrogen-bond acceptors (Lipinski definition) is 7. The SMILES string of the molecule is COc1ccc2c(c1)C(=O)N(C[C@@]1(C#Cc3ccc(-c4nc(-c5cn[nH]c5)ccc4O)cc3)NC(=O)NC1=O)C2.